The lowest BCUT2D eigenvalue weighted by Crippen LogP contribution is -2.47. The fraction of sp³-hybridized carbons (Fsp3) is 0.367. The molecule has 1 aliphatic heterocycles. The zero-order chi connectivity index (χ0) is 26.5. The van der Waals surface area contributed by atoms with E-state index >= 15 is 0 Å². The average molecular weight is 520 g/mol. The second kappa shape index (κ2) is 15.2. The molecule has 2 N–H and O–H groups in total. The van der Waals surface area contributed by atoms with Gasteiger partial charge in [-0.3, -0.25) is 14.4 Å². The van der Waals surface area contributed by atoms with E-state index in [1.165, 1.54) is 5.57 Å². The van der Waals surface area contributed by atoms with Crippen LogP contribution in [0.5, 0.6) is 5.75 Å². The number of benzene rings is 2. The number of ether oxygens (including phenoxy) is 1. The predicted molar refractivity (Wildman–Crippen MR) is 154 cm³/mol. The van der Waals surface area contributed by atoms with Crippen molar-refractivity contribution < 1.29 is 14.1 Å². The molecule has 0 aliphatic carbocycles. The van der Waals surface area contributed by atoms with Crippen molar-refractivity contribution in [3.05, 3.63) is 83.0 Å². The Morgan fingerprint density at radius 3 is 2.38 bits per heavy atom. The van der Waals surface area contributed by atoms with E-state index in [1.807, 2.05) is 43.3 Å². The summed E-state index contributed by atoms with van der Waals surface area (Å²) >= 11 is 0.317. The normalized spacial score (nSPS) is 14.6. The molecule has 3 rings (SSSR count). The zero-order valence-corrected chi connectivity index (χ0v) is 22.8. The van der Waals surface area contributed by atoms with Crippen molar-refractivity contribution in [1.29, 1.82) is 0 Å². The van der Waals surface area contributed by atoms with Crippen molar-refractivity contribution in [3.8, 4) is 17.6 Å². The third kappa shape index (κ3) is 8.71. The number of rotatable bonds is 10. The lowest BCUT2D eigenvalue weighted by molar-refractivity contribution is 0.0983. The Balaban J connectivity index is 1.61. The molecule has 2 aromatic carbocycles. The number of hydrogen-bond acceptors (Lipinski definition) is 6. The van der Waals surface area contributed by atoms with Crippen molar-refractivity contribution >= 4 is 23.8 Å². The fourth-order valence-electron chi connectivity index (χ4n) is 4.15. The first-order chi connectivity index (χ1) is 18.1. The fourth-order valence-corrected chi connectivity index (χ4v) is 4.35. The maximum Gasteiger partial charge on any atom is 0.262 e. The Kier molecular flexibility index (Phi) is 11.6. The van der Waals surface area contributed by atoms with Crippen LogP contribution in [0.1, 0.15) is 49.5 Å². The standard InChI is InChI=1S/C30H37N3O3S/c1-4-7-8-26(12-9-24-10-17-29(18-11-24)36-6-3)25(5-2)23-32-19-21-33(22-20-32)28-15-13-27(14-16-28)30(34)31-37-35/h5,8,10-11,13-18,35H,4,6-7,19-23H2,1-3H3,(H,31,34)/b25-5-,26-8-. The highest BCUT2D eigenvalue weighted by molar-refractivity contribution is 7.92. The molecule has 0 aromatic heterocycles. The number of amides is 1. The van der Waals surface area contributed by atoms with Crippen LogP contribution in [0.3, 0.4) is 0 Å². The van der Waals surface area contributed by atoms with Gasteiger partial charge in [-0.2, -0.15) is 0 Å². The summed E-state index contributed by atoms with van der Waals surface area (Å²) < 4.78 is 16.7. The Labute approximate surface area is 225 Å². The Hall–Kier alpha value is -3.18. The highest BCUT2D eigenvalue weighted by atomic mass is 32.2. The monoisotopic (exact) mass is 519 g/mol. The molecule has 0 unspecified atom stereocenters. The summed E-state index contributed by atoms with van der Waals surface area (Å²) in [5, 5.41) is 0. The highest BCUT2D eigenvalue weighted by Gasteiger charge is 2.19. The van der Waals surface area contributed by atoms with Gasteiger partial charge in [-0.15, -0.1) is 0 Å². The summed E-state index contributed by atoms with van der Waals surface area (Å²) in [5.41, 5.74) is 4.98. The van der Waals surface area contributed by atoms with Gasteiger partial charge in [0, 0.05) is 55.1 Å². The summed E-state index contributed by atoms with van der Waals surface area (Å²) in [6, 6.07) is 15.5. The van der Waals surface area contributed by atoms with Crippen LogP contribution >= 0.6 is 12.2 Å². The minimum absolute atomic E-state index is 0.305. The van der Waals surface area contributed by atoms with Gasteiger partial charge in [-0.1, -0.05) is 37.3 Å². The van der Waals surface area contributed by atoms with Crippen LogP contribution in [-0.2, 0) is 0 Å². The maximum absolute atomic E-state index is 11.9. The number of carbonyl (C=O) groups is 1. The molecule has 1 saturated heterocycles. The zero-order valence-electron chi connectivity index (χ0n) is 22.0. The van der Waals surface area contributed by atoms with Crippen molar-refractivity contribution in [1.82, 2.24) is 9.62 Å². The van der Waals surface area contributed by atoms with Gasteiger partial charge in [-0.05, 0) is 74.4 Å². The molecule has 0 radical (unpaired) electrons. The van der Waals surface area contributed by atoms with E-state index < -0.39 is 0 Å². The second-order valence-electron chi connectivity index (χ2n) is 8.76. The first kappa shape index (κ1) is 28.4. The molecule has 0 saturated carbocycles. The Morgan fingerprint density at radius 2 is 1.78 bits per heavy atom. The highest BCUT2D eigenvalue weighted by Crippen LogP contribution is 2.20. The van der Waals surface area contributed by atoms with Crippen LogP contribution in [0.15, 0.2) is 71.8 Å². The number of piperazine rings is 1. The molecule has 1 aliphatic rings. The van der Waals surface area contributed by atoms with Gasteiger partial charge in [-0.25, -0.2) is 0 Å². The number of anilines is 1. The van der Waals surface area contributed by atoms with Crippen molar-refractivity contribution in [2.24, 2.45) is 0 Å². The van der Waals surface area contributed by atoms with Crippen LogP contribution in [0, 0.1) is 11.8 Å². The number of unbranched alkanes of at least 4 members (excludes halogenated alkanes) is 1. The number of hydrogen-bond donors (Lipinski definition) is 2. The molecular formula is C30H37N3O3S. The Morgan fingerprint density at radius 1 is 1.08 bits per heavy atom. The topological polar surface area (TPSA) is 65.0 Å². The molecule has 6 nitrogen and oxygen atoms in total. The van der Waals surface area contributed by atoms with Crippen LogP contribution in [-0.4, -0.2) is 54.7 Å². The van der Waals surface area contributed by atoms with Crippen LogP contribution < -0.4 is 14.4 Å². The van der Waals surface area contributed by atoms with Crippen LogP contribution in [0.2, 0.25) is 0 Å². The maximum atomic E-state index is 11.9. The van der Waals surface area contributed by atoms with Crippen LogP contribution in [0.25, 0.3) is 0 Å². The van der Waals surface area contributed by atoms with E-state index in [9.17, 15) is 4.79 Å². The molecule has 0 spiro atoms. The molecule has 1 amide bonds. The van der Waals surface area contributed by atoms with Crippen molar-refractivity contribution in [2.45, 2.75) is 33.6 Å². The Bertz CT molecular complexity index is 1120. The predicted octanol–water partition coefficient (Wildman–Crippen LogP) is 5.78. The number of nitrogens with one attached hydrogen (secondary N) is 1. The van der Waals surface area contributed by atoms with Gasteiger partial charge in [0.2, 0.25) is 0 Å². The SMILES string of the molecule is C/C=C(CN1CCN(c2ccc(C(=O)NSO)cc2)CC1)\C(C#Cc1ccc(OCC)cc1)=C/CCC. The number of nitrogens with zero attached hydrogens (tertiary/aromatic N) is 2. The molecule has 196 valence electrons. The van der Waals surface area contributed by atoms with E-state index in [0.717, 1.165) is 68.1 Å². The average Bonchev–Trinajstić information content (AvgIpc) is 2.93. The largest absolute Gasteiger partial charge is 0.494 e. The van der Waals surface area contributed by atoms with Gasteiger partial charge in [0.05, 0.1) is 6.61 Å². The lowest BCUT2D eigenvalue weighted by Gasteiger charge is -2.36. The molecule has 1 fully saturated rings. The third-order valence-electron chi connectivity index (χ3n) is 6.24. The third-order valence-corrected chi connectivity index (χ3v) is 6.51. The first-order valence-electron chi connectivity index (χ1n) is 12.9. The molecule has 0 atom stereocenters. The first-order valence-corrected chi connectivity index (χ1v) is 13.6. The number of carbonyl (C=O) groups excluding carboxylic acids is 1. The summed E-state index contributed by atoms with van der Waals surface area (Å²) in [4.78, 5) is 16.7. The summed E-state index contributed by atoms with van der Waals surface area (Å²) in [7, 11) is 0. The van der Waals surface area contributed by atoms with Gasteiger partial charge in [0.25, 0.3) is 5.91 Å². The van der Waals surface area contributed by atoms with Crippen molar-refractivity contribution in [2.75, 3.05) is 44.2 Å². The van der Waals surface area contributed by atoms with Gasteiger partial charge in [0.1, 0.15) is 18.0 Å². The molecule has 37 heavy (non-hydrogen) atoms. The minimum Gasteiger partial charge on any atom is -0.494 e. The molecular weight excluding hydrogens is 482 g/mol. The summed E-state index contributed by atoms with van der Waals surface area (Å²) in [6.07, 6.45) is 6.54. The quantitative estimate of drug-likeness (QED) is 0.179. The van der Waals surface area contributed by atoms with Gasteiger partial charge < -0.3 is 14.2 Å². The van der Waals surface area contributed by atoms with Crippen LogP contribution in [0.4, 0.5) is 5.69 Å². The number of allylic oxidation sites excluding steroid dienone is 2. The molecule has 0 bridgehead atoms. The smallest absolute Gasteiger partial charge is 0.262 e. The minimum atomic E-state index is -0.305. The van der Waals surface area contributed by atoms with E-state index in [-0.39, 0.29) is 5.91 Å². The van der Waals surface area contributed by atoms with E-state index in [4.69, 9.17) is 9.29 Å². The second-order valence-corrected chi connectivity index (χ2v) is 9.15. The van der Waals surface area contributed by atoms with Crippen molar-refractivity contribution in [3.63, 3.8) is 0 Å². The lowest BCUT2D eigenvalue weighted by atomic mass is 10.0. The summed E-state index contributed by atoms with van der Waals surface area (Å²) in [5.74, 6) is 7.34. The van der Waals surface area contributed by atoms with E-state index in [2.05, 4.69) is 52.4 Å². The molecule has 7 heteroatoms. The van der Waals surface area contributed by atoms with Gasteiger partial charge in [0.15, 0.2) is 0 Å². The summed E-state index contributed by atoms with van der Waals surface area (Å²) in [6.45, 7) is 11.5. The van der Waals surface area contributed by atoms with Gasteiger partial charge >= 0.3 is 0 Å². The molecule has 2 aromatic rings. The van der Waals surface area contributed by atoms with E-state index in [1.54, 1.807) is 12.1 Å². The molecule has 1 heterocycles. The van der Waals surface area contributed by atoms with E-state index in [0.29, 0.717) is 24.4 Å².